The minimum atomic E-state index is -0.905. The predicted molar refractivity (Wildman–Crippen MR) is 71.4 cm³/mol. The molecule has 1 aromatic carbocycles. The van der Waals surface area contributed by atoms with Gasteiger partial charge < -0.3 is 15.2 Å². The van der Waals surface area contributed by atoms with Gasteiger partial charge >= 0.3 is 12.1 Å². The predicted octanol–water partition coefficient (Wildman–Crippen LogP) is 2.74. The van der Waals surface area contributed by atoms with E-state index < -0.39 is 18.0 Å². The average Bonchev–Trinajstić information content (AvgIpc) is 2.30. The van der Waals surface area contributed by atoms with Gasteiger partial charge in [-0.15, -0.1) is 0 Å². The van der Waals surface area contributed by atoms with E-state index in [1.54, 1.807) is 18.2 Å². The standard InChI is InChI=1S/C12H13Cl2NO4/c1-7(16)18-5-8(6-19-12(15)17)10-3-2-9(13)4-11(10)14/h2-4,8H,5-6H2,1H3,(H2,15,17). The maximum absolute atomic E-state index is 10.8. The lowest BCUT2D eigenvalue weighted by molar-refractivity contribution is -0.141. The Hall–Kier alpha value is -1.46. The molecule has 0 aliphatic carbocycles. The van der Waals surface area contributed by atoms with Crippen molar-refractivity contribution >= 4 is 35.3 Å². The molecule has 0 saturated heterocycles. The summed E-state index contributed by atoms with van der Waals surface area (Å²) < 4.78 is 9.65. The van der Waals surface area contributed by atoms with Crippen LogP contribution < -0.4 is 5.73 Å². The third-order valence-corrected chi connectivity index (χ3v) is 2.88. The van der Waals surface area contributed by atoms with E-state index in [0.717, 1.165) is 0 Å². The Balaban J connectivity index is 2.86. The van der Waals surface area contributed by atoms with Crippen LogP contribution in [-0.2, 0) is 14.3 Å². The van der Waals surface area contributed by atoms with E-state index in [1.807, 2.05) is 0 Å². The van der Waals surface area contributed by atoms with Crippen LogP contribution in [0.25, 0.3) is 0 Å². The molecule has 5 nitrogen and oxygen atoms in total. The number of hydrogen-bond acceptors (Lipinski definition) is 4. The molecule has 0 aliphatic rings. The molecular weight excluding hydrogens is 293 g/mol. The summed E-state index contributed by atoms with van der Waals surface area (Å²) in [6.07, 6.45) is -0.905. The molecule has 1 unspecified atom stereocenters. The Morgan fingerprint density at radius 2 is 1.89 bits per heavy atom. The van der Waals surface area contributed by atoms with Crippen molar-refractivity contribution in [2.45, 2.75) is 12.8 Å². The smallest absolute Gasteiger partial charge is 0.404 e. The second-order valence-electron chi connectivity index (χ2n) is 3.80. The Bertz CT molecular complexity index is 461. The SMILES string of the molecule is CC(=O)OCC(COC(N)=O)c1ccc(Cl)cc1Cl. The Labute approximate surface area is 120 Å². The van der Waals surface area contributed by atoms with Gasteiger partial charge in [0.15, 0.2) is 0 Å². The van der Waals surface area contributed by atoms with E-state index in [0.29, 0.717) is 15.6 Å². The number of ether oxygens (including phenoxy) is 2. The number of amides is 1. The molecule has 0 spiro atoms. The van der Waals surface area contributed by atoms with E-state index >= 15 is 0 Å². The fourth-order valence-electron chi connectivity index (χ4n) is 1.46. The summed E-state index contributed by atoms with van der Waals surface area (Å²) in [6.45, 7) is 1.28. The van der Waals surface area contributed by atoms with E-state index in [2.05, 4.69) is 0 Å². The highest BCUT2D eigenvalue weighted by Gasteiger charge is 2.18. The van der Waals surface area contributed by atoms with Gasteiger partial charge in [-0.05, 0) is 17.7 Å². The van der Waals surface area contributed by atoms with Crippen molar-refractivity contribution in [1.29, 1.82) is 0 Å². The van der Waals surface area contributed by atoms with Crippen LogP contribution >= 0.6 is 23.2 Å². The lowest BCUT2D eigenvalue weighted by atomic mass is 10.0. The monoisotopic (exact) mass is 305 g/mol. The molecule has 1 atom stereocenters. The summed E-state index contributed by atoms with van der Waals surface area (Å²) >= 11 is 11.9. The highest BCUT2D eigenvalue weighted by atomic mass is 35.5. The molecule has 19 heavy (non-hydrogen) atoms. The Morgan fingerprint density at radius 3 is 2.42 bits per heavy atom. The highest BCUT2D eigenvalue weighted by molar-refractivity contribution is 6.35. The highest BCUT2D eigenvalue weighted by Crippen LogP contribution is 2.28. The van der Waals surface area contributed by atoms with Gasteiger partial charge in [0.2, 0.25) is 0 Å². The fourth-order valence-corrected chi connectivity index (χ4v) is 2.02. The molecule has 1 amide bonds. The third kappa shape index (κ3) is 5.36. The van der Waals surface area contributed by atoms with Crippen LogP contribution in [0.2, 0.25) is 10.0 Å². The van der Waals surface area contributed by atoms with Crippen molar-refractivity contribution in [2.75, 3.05) is 13.2 Å². The third-order valence-electron chi connectivity index (χ3n) is 2.32. The van der Waals surface area contributed by atoms with Crippen LogP contribution in [0, 0.1) is 0 Å². The normalized spacial score (nSPS) is 11.7. The van der Waals surface area contributed by atoms with Crippen molar-refractivity contribution < 1.29 is 19.1 Å². The molecule has 0 fully saturated rings. The average molecular weight is 306 g/mol. The number of hydrogen-bond donors (Lipinski definition) is 1. The van der Waals surface area contributed by atoms with Crippen molar-refractivity contribution in [2.24, 2.45) is 5.73 Å². The lowest BCUT2D eigenvalue weighted by Gasteiger charge is -2.18. The molecule has 1 aromatic rings. The first-order valence-corrected chi connectivity index (χ1v) is 6.16. The van der Waals surface area contributed by atoms with Crippen molar-refractivity contribution in [3.63, 3.8) is 0 Å². The number of benzene rings is 1. The minimum Gasteiger partial charge on any atom is -0.465 e. The van der Waals surface area contributed by atoms with E-state index in [1.165, 1.54) is 6.92 Å². The van der Waals surface area contributed by atoms with Gasteiger partial charge in [-0.1, -0.05) is 29.3 Å². The number of carbonyl (C=O) groups excluding carboxylic acids is 2. The topological polar surface area (TPSA) is 78.6 Å². The zero-order valence-corrected chi connectivity index (χ0v) is 11.7. The maximum atomic E-state index is 10.8. The summed E-state index contributed by atoms with van der Waals surface area (Å²) in [6, 6.07) is 4.89. The van der Waals surface area contributed by atoms with Crippen molar-refractivity contribution in [3.05, 3.63) is 33.8 Å². The van der Waals surface area contributed by atoms with E-state index in [-0.39, 0.29) is 13.2 Å². The summed E-state index contributed by atoms with van der Waals surface area (Å²) in [5.74, 6) is -0.838. The van der Waals surface area contributed by atoms with Gasteiger partial charge in [0.05, 0.1) is 5.92 Å². The number of esters is 1. The van der Waals surface area contributed by atoms with E-state index in [4.69, 9.17) is 38.4 Å². The summed E-state index contributed by atoms with van der Waals surface area (Å²) in [7, 11) is 0. The minimum absolute atomic E-state index is 0.0317. The van der Waals surface area contributed by atoms with Crippen LogP contribution in [-0.4, -0.2) is 25.3 Å². The molecule has 2 N–H and O–H groups in total. The molecular formula is C12H13Cl2NO4. The molecule has 0 aromatic heterocycles. The van der Waals surface area contributed by atoms with Crippen LogP contribution in [0.4, 0.5) is 4.79 Å². The molecule has 0 bridgehead atoms. The summed E-state index contributed by atoms with van der Waals surface area (Å²) in [5, 5.41) is 0.883. The number of carbonyl (C=O) groups is 2. The molecule has 104 valence electrons. The van der Waals surface area contributed by atoms with Gasteiger partial charge in [-0.25, -0.2) is 4.79 Å². The summed E-state index contributed by atoms with van der Waals surface area (Å²) in [5.41, 5.74) is 5.57. The fraction of sp³-hybridized carbons (Fsp3) is 0.333. The van der Waals surface area contributed by atoms with Gasteiger partial charge in [0.1, 0.15) is 13.2 Å². The zero-order valence-electron chi connectivity index (χ0n) is 10.2. The first-order chi connectivity index (χ1) is 8.90. The zero-order chi connectivity index (χ0) is 14.4. The maximum Gasteiger partial charge on any atom is 0.404 e. The van der Waals surface area contributed by atoms with Crippen molar-refractivity contribution in [3.8, 4) is 0 Å². The Kier molecular flexibility index (Phi) is 5.92. The van der Waals surface area contributed by atoms with Gasteiger partial charge in [-0.2, -0.15) is 0 Å². The molecule has 0 radical (unpaired) electrons. The van der Waals surface area contributed by atoms with Gasteiger partial charge in [-0.3, -0.25) is 4.79 Å². The quantitative estimate of drug-likeness (QED) is 0.848. The van der Waals surface area contributed by atoms with Crippen LogP contribution in [0.3, 0.4) is 0 Å². The lowest BCUT2D eigenvalue weighted by Crippen LogP contribution is -2.21. The number of nitrogens with two attached hydrogens (primary N) is 1. The largest absolute Gasteiger partial charge is 0.465 e. The number of rotatable bonds is 5. The number of primary amides is 1. The second-order valence-corrected chi connectivity index (χ2v) is 4.64. The second kappa shape index (κ2) is 7.21. The van der Waals surface area contributed by atoms with Gasteiger partial charge in [0, 0.05) is 17.0 Å². The first kappa shape index (κ1) is 15.6. The first-order valence-electron chi connectivity index (χ1n) is 5.40. The summed E-state index contributed by atoms with van der Waals surface area (Å²) in [4.78, 5) is 21.5. The molecule has 0 aliphatic heterocycles. The van der Waals surface area contributed by atoms with Gasteiger partial charge in [0.25, 0.3) is 0 Å². The molecule has 0 saturated carbocycles. The van der Waals surface area contributed by atoms with Crippen LogP contribution in [0.5, 0.6) is 0 Å². The Morgan fingerprint density at radius 1 is 1.26 bits per heavy atom. The van der Waals surface area contributed by atoms with Crippen LogP contribution in [0.15, 0.2) is 18.2 Å². The molecule has 0 heterocycles. The molecule has 1 rings (SSSR count). The van der Waals surface area contributed by atoms with Crippen LogP contribution in [0.1, 0.15) is 18.4 Å². The number of halogens is 2. The molecule has 7 heteroatoms. The van der Waals surface area contributed by atoms with Crippen molar-refractivity contribution in [1.82, 2.24) is 0 Å². The van der Waals surface area contributed by atoms with E-state index in [9.17, 15) is 9.59 Å².